The van der Waals surface area contributed by atoms with Crippen molar-refractivity contribution < 1.29 is 212 Å². The van der Waals surface area contributed by atoms with E-state index >= 15 is 0 Å². The molecule has 0 bridgehead atoms. The van der Waals surface area contributed by atoms with Crippen molar-refractivity contribution in [3.05, 3.63) is 436 Å². The molecule has 4 aromatic heterocycles. The molecule has 2 radical (unpaired) electrons. The summed E-state index contributed by atoms with van der Waals surface area (Å²) in [5.74, 6) is -12.8. The van der Waals surface area contributed by atoms with E-state index in [2.05, 4.69) is 19.9 Å². The summed E-state index contributed by atoms with van der Waals surface area (Å²) in [6.45, 7) is 0. The number of aromatic nitrogens is 4. The van der Waals surface area contributed by atoms with E-state index in [1.807, 2.05) is 72.8 Å². The van der Waals surface area contributed by atoms with Crippen LogP contribution in [0.15, 0.2) is 280 Å². The molecule has 10 aromatic carbocycles. The molecule has 24 nitrogen and oxygen atoms in total. The number of hydrogen-bond donors (Lipinski definition) is 0. The van der Waals surface area contributed by atoms with Crippen molar-refractivity contribution in [2.45, 2.75) is 0 Å². The van der Waals surface area contributed by atoms with Gasteiger partial charge in [0.25, 0.3) is 0 Å². The molecule has 0 N–H and O–H groups in total. The zero-order valence-electron chi connectivity index (χ0n) is 67.4. The third kappa shape index (κ3) is 56.7. The van der Waals surface area contributed by atoms with Crippen LogP contribution in [0.2, 0.25) is 100 Å². The number of pyridine rings is 4. The maximum atomic E-state index is 10.3. The van der Waals surface area contributed by atoms with Crippen LogP contribution in [0.25, 0.3) is 22.8 Å². The number of aromatic carboxylic acids is 10. The molecule has 722 valence electrons. The largest absolute Gasteiger partial charge is 3.00 e. The van der Waals surface area contributed by atoms with Gasteiger partial charge in [-0.1, -0.05) is 256 Å². The van der Waals surface area contributed by atoms with Gasteiger partial charge in [-0.3, -0.25) is 19.9 Å². The molecular weight excluding hydrogens is 2600 g/mol. The predicted molar refractivity (Wildman–Crippen MR) is 503 cm³/mol. The van der Waals surface area contributed by atoms with Crippen molar-refractivity contribution in [1.82, 2.24) is 19.9 Å². The average Bonchev–Trinajstić information content (AvgIpc) is 0.901. The number of carbonyl (C=O) groups is 10. The first-order valence-corrected chi connectivity index (χ1v) is 42.8. The standard InChI is InChI=1S/2C10H8N2.10C7H4Cl2O2.2Gd.2Ni/c2*1-3-7-11-9(5-1)10-6-2-4-8-12-10;10*8-5-1-4(7(10)11)2-6(9)3-5;;;;/h2*1-8H;10*1-3H,(H,10,11);;;;/q;;;;;;;;;;;;+2;+3;+2;+3/p-10. The van der Waals surface area contributed by atoms with Gasteiger partial charge >= 0.3 is 113 Å². The summed E-state index contributed by atoms with van der Waals surface area (Å²) >= 11 is 110. The number of nitrogens with zero attached hydrogens (tertiary/aromatic N) is 4. The summed E-state index contributed by atoms with van der Waals surface area (Å²) in [6.07, 6.45) is 7.07. The van der Waals surface area contributed by atoms with Gasteiger partial charge in [0.2, 0.25) is 0 Å². The molecule has 0 aliphatic heterocycles. The Bertz CT molecular complexity index is 5070. The summed E-state index contributed by atoms with van der Waals surface area (Å²) in [5.41, 5.74) is 3.54. The Kier molecular flexibility index (Phi) is 68.0. The van der Waals surface area contributed by atoms with E-state index in [0.29, 0.717) is 0 Å². The van der Waals surface area contributed by atoms with Gasteiger partial charge in [0.15, 0.2) is 0 Å². The first-order chi connectivity index (χ1) is 62.9. The molecule has 0 unspecified atom stereocenters. The predicted octanol–water partition coefficient (Wildman–Crippen LogP) is 17.9. The third-order valence-corrected chi connectivity index (χ3v) is 18.5. The van der Waals surface area contributed by atoms with Crippen molar-refractivity contribution in [2.24, 2.45) is 0 Å². The minimum absolute atomic E-state index is 0. The number of halogens is 20. The van der Waals surface area contributed by atoms with E-state index in [4.69, 9.17) is 232 Å². The topological polar surface area (TPSA) is 453 Å². The maximum absolute atomic E-state index is 10.3. The zero-order chi connectivity index (χ0) is 101. The van der Waals surface area contributed by atoms with E-state index in [1.165, 1.54) is 182 Å². The Morgan fingerprint density at radius 1 is 0.167 bits per heavy atom. The van der Waals surface area contributed by atoms with E-state index in [9.17, 15) is 99.0 Å². The minimum atomic E-state index is -1.28. The third-order valence-electron chi connectivity index (χ3n) is 14.2. The molecule has 0 amide bonds. The molecule has 0 spiro atoms. The monoisotopic (exact) mass is 2630 g/mol. The Labute approximate surface area is 969 Å². The normalized spacial score (nSPS) is 9.36. The molecule has 14 aromatic rings. The summed E-state index contributed by atoms with van der Waals surface area (Å²) in [5, 5.41) is 109. The van der Waals surface area contributed by atoms with Gasteiger partial charge in [0.1, 0.15) is 0 Å². The number of rotatable bonds is 12. The molecule has 0 aliphatic carbocycles. The van der Waals surface area contributed by atoms with Crippen LogP contribution in [0.1, 0.15) is 104 Å². The van der Waals surface area contributed by atoms with Crippen molar-refractivity contribution in [1.29, 1.82) is 0 Å². The zero-order valence-corrected chi connectivity index (χ0v) is 89.0. The van der Waals surface area contributed by atoms with Gasteiger partial charge in [-0.15, -0.1) is 0 Å². The number of benzene rings is 10. The molecule has 138 heavy (non-hydrogen) atoms. The molecule has 48 heteroatoms. The van der Waals surface area contributed by atoms with Gasteiger partial charge in [-0.2, -0.15) is 0 Å². The van der Waals surface area contributed by atoms with Crippen molar-refractivity contribution >= 4 is 292 Å². The van der Waals surface area contributed by atoms with Crippen molar-refractivity contribution in [3.8, 4) is 22.8 Å². The number of carboxylic acid groups (broad SMARTS) is 10. The number of hydrogen-bond acceptors (Lipinski definition) is 24. The van der Waals surface area contributed by atoms with Crippen LogP contribution in [0.3, 0.4) is 0 Å². The van der Waals surface area contributed by atoms with Crippen LogP contribution in [0.5, 0.6) is 0 Å². The fourth-order valence-electron chi connectivity index (χ4n) is 8.77. The van der Waals surface area contributed by atoms with Gasteiger partial charge in [-0.25, -0.2) is 0 Å². The van der Waals surface area contributed by atoms with Gasteiger partial charge in [-0.05, 0) is 231 Å². The second kappa shape index (κ2) is 70.6. The molecule has 0 saturated heterocycles. The summed E-state index contributed by atoms with van der Waals surface area (Å²) < 4.78 is 0. The summed E-state index contributed by atoms with van der Waals surface area (Å²) in [4.78, 5) is 120. The second-order valence-corrected chi connectivity index (χ2v) is 33.0. The van der Waals surface area contributed by atoms with E-state index < -0.39 is 59.7 Å². The first kappa shape index (κ1) is 133. The fraction of sp³-hybridized carbons (Fsp3) is 0. The van der Waals surface area contributed by atoms with E-state index in [-0.39, 0.29) is 269 Å². The Balaban J connectivity index is 0. The molecular formula is C90H46Cl20Gd2N4Ni2O20. The SMILES string of the molecule is O=C([O-])c1cc(Cl)cc(Cl)c1.O=C([O-])c1cc(Cl)cc(Cl)c1.O=C([O-])c1cc(Cl)cc(Cl)c1.O=C([O-])c1cc(Cl)cc(Cl)c1.O=C([O-])c1cc(Cl)cc(Cl)c1.O=C([O-])c1cc(Cl)cc(Cl)c1.O=C([O-])c1cc(Cl)cc(Cl)c1.O=C([O-])c1cc(Cl)cc(Cl)c1.O=C([O-])c1cc(Cl)cc(Cl)c1.O=C([O-])c1cc(Cl)cc(Cl)c1.[Gd+2].[Gd+3].[Ni+2].[Ni+3].c1ccc(-c2ccccn2)nc1.c1ccc(-c2ccccn2)nc1. The van der Waals surface area contributed by atoms with Gasteiger partial charge in [0, 0.05) is 181 Å². The number of carboxylic acids is 10. The molecule has 0 saturated carbocycles. The molecule has 0 fully saturated rings. The molecule has 0 aliphatic rings. The quantitative estimate of drug-likeness (QED) is 0.103. The number of carbonyl (C=O) groups excluding carboxylic acids is 10. The van der Waals surface area contributed by atoms with Crippen molar-refractivity contribution in [3.63, 3.8) is 0 Å². The Morgan fingerprint density at radius 2 is 0.246 bits per heavy atom. The van der Waals surface area contributed by atoms with Crippen molar-refractivity contribution in [2.75, 3.05) is 0 Å². The van der Waals surface area contributed by atoms with Crippen LogP contribution in [0.4, 0.5) is 0 Å². The van der Waals surface area contributed by atoms with E-state index in [1.54, 1.807) is 24.8 Å². The fourth-order valence-corrected chi connectivity index (χ4v) is 14.0. The van der Waals surface area contributed by atoms with Crippen LogP contribution in [-0.2, 0) is 33.0 Å². The van der Waals surface area contributed by atoms with Gasteiger partial charge < -0.3 is 99.0 Å². The van der Waals surface area contributed by atoms with E-state index in [0.717, 1.165) is 22.8 Å². The van der Waals surface area contributed by atoms with Gasteiger partial charge in [0.05, 0.1) is 82.5 Å². The Hall–Kier alpha value is -7.06. The molecule has 4 heterocycles. The minimum Gasteiger partial charge on any atom is -0.545 e. The van der Waals surface area contributed by atoms with Crippen LogP contribution in [-0.4, -0.2) is 79.6 Å². The molecule has 14 rings (SSSR count). The smallest absolute Gasteiger partial charge is 0.545 e. The first-order valence-electron chi connectivity index (χ1n) is 35.3. The summed E-state index contributed by atoms with van der Waals surface area (Å²) in [7, 11) is 0. The summed E-state index contributed by atoms with van der Waals surface area (Å²) in [6, 6.07) is 63.3. The molecule has 0 atom stereocenters. The maximum Gasteiger partial charge on any atom is 3.00 e. The van der Waals surface area contributed by atoms with Crippen LogP contribution in [0, 0.1) is 79.9 Å². The average molecular weight is 2640 g/mol. The second-order valence-electron chi connectivity index (χ2n) is 24.3. The Morgan fingerprint density at radius 3 is 0.304 bits per heavy atom. The van der Waals surface area contributed by atoms with Crippen LogP contribution < -0.4 is 51.1 Å². The van der Waals surface area contributed by atoms with Crippen LogP contribution >= 0.6 is 232 Å².